The van der Waals surface area contributed by atoms with E-state index in [-0.39, 0.29) is 0 Å². The number of ether oxygens (including phenoxy) is 1. The Morgan fingerprint density at radius 1 is 1.16 bits per heavy atom. The van der Waals surface area contributed by atoms with Gasteiger partial charge in [-0.2, -0.15) is 4.31 Å². The summed E-state index contributed by atoms with van der Waals surface area (Å²) in [5, 5.41) is 3.31. The van der Waals surface area contributed by atoms with Crippen LogP contribution in [0.5, 0.6) is 5.75 Å². The van der Waals surface area contributed by atoms with Crippen molar-refractivity contribution in [3.8, 4) is 5.75 Å². The van der Waals surface area contributed by atoms with Crippen LogP contribution in [0.1, 0.15) is 0 Å². The minimum atomic E-state index is -3.36. The molecule has 2 aliphatic rings. The van der Waals surface area contributed by atoms with Gasteiger partial charge in [-0.05, 0) is 49.2 Å². The SMILES string of the molecule is COc1ccc(S(=O)(=O)N2CC3CNCC3C2)cc1. The van der Waals surface area contributed by atoms with Gasteiger partial charge in [0.2, 0.25) is 10.0 Å². The smallest absolute Gasteiger partial charge is 0.243 e. The molecule has 0 spiro atoms. The predicted molar refractivity (Wildman–Crippen MR) is 71.6 cm³/mol. The van der Waals surface area contributed by atoms with Crippen LogP contribution in [0.2, 0.25) is 0 Å². The Labute approximate surface area is 113 Å². The lowest BCUT2D eigenvalue weighted by Crippen LogP contribution is -2.31. The summed E-state index contributed by atoms with van der Waals surface area (Å²) in [6.45, 7) is 3.12. The highest BCUT2D eigenvalue weighted by Gasteiger charge is 2.41. The molecule has 2 aliphatic heterocycles. The van der Waals surface area contributed by atoms with E-state index in [1.54, 1.807) is 35.7 Å². The number of hydrogen-bond acceptors (Lipinski definition) is 4. The van der Waals surface area contributed by atoms with E-state index in [0.717, 1.165) is 13.1 Å². The van der Waals surface area contributed by atoms with Crippen molar-refractivity contribution in [3.05, 3.63) is 24.3 Å². The van der Waals surface area contributed by atoms with E-state index in [4.69, 9.17) is 4.74 Å². The number of sulfonamides is 1. The molecule has 104 valence electrons. The van der Waals surface area contributed by atoms with Gasteiger partial charge in [-0.15, -0.1) is 0 Å². The van der Waals surface area contributed by atoms with E-state index in [1.807, 2.05) is 0 Å². The Morgan fingerprint density at radius 3 is 2.26 bits per heavy atom. The topological polar surface area (TPSA) is 58.6 Å². The first kappa shape index (κ1) is 12.9. The molecule has 0 radical (unpaired) electrons. The van der Waals surface area contributed by atoms with Crippen molar-refractivity contribution >= 4 is 10.0 Å². The summed E-state index contributed by atoms with van der Waals surface area (Å²) in [6, 6.07) is 6.59. The van der Waals surface area contributed by atoms with Gasteiger partial charge in [0, 0.05) is 13.1 Å². The van der Waals surface area contributed by atoms with Gasteiger partial charge in [-0.25, -0.2) is 8.42 Å². The van der Waals surface area contributed by atoms with Crippen molar-refractivity contribution in [1.82, 2.24) is 9.62 Å². The number of hydrogen-bond donors (Lipinski definition) is 1. The van der Waals surface area contributed by atoms with Gasteiger partial charge in [0.25, 0.3) is 0 Å². The molecule has 2 fully saturated rings. The van der Waals surface area contributed by atoms with Gasteiger partial charge in [-0.1, -0.05) is 0 Å². The molecular weight excluding hydrogens is 264 g/mol. The Balaban J connectivity index is 1.82. The summed E-state index contributed by atoms with van der Waals surface area (Å²) in [6.07, 6.45) is 0. The first-order valence-electron chi connectivity index (χ1n) is 6.46. The van der Waals surface area contributed by atoms with Gasteiger partial charge in [0.05, 0.1) is 12.0 Å². The molecule has 1 N–H and O–H groups in total. The van der Waals surface area contributed by atoms with Gasteiger partial charge < -0.3 is 10.1 Å². The summed E-state index contributed by atoms with van der Waals surface area (Å²) in [5.74, 6) is 1.60. The van der Waals surface area contributed by atoms with E-state index in [9.17, 15) is 8.42 Å². The Hall–Kier alpha value is -1.11. The summed E-state index contributed by atoms with van der Waals surface area (Å²) in [5.41, 5.74) is 0. The van der Waals surface area contributed by atoms with Crippen LogP contribution < -0.4 is 10.1 Å². The van der Waals surface area contributed by atoms with Crippen LogP contribution >= 0.6 is 0 Å². The Kier molecular flexibility index (Phi) is 3.24. The minimum absolute atomic E-state index is 0.348. The molecule has 1 aromatic rings. The summed E-state index contributed by atoms with van der Waals surface area (Å²) in [4.78, 5) is 0.348. The van der Waals surface area contributed by atoms with Crippen molar-refractivity contribution in [2.24, 2.45) is 11.8 Å². The van der Waals surface area contributed by atoms with Crippen LogP contribution in [0.3, 0.4) is 0 Å². The molecule has 0 aromatic heterocycles. The molecular formula is C13H18N2O3S. The third-order valence-electron chi connectivity index (χ3n) is 4.05. The van der Waals surface area contributed by atoms with Crippen LogP contribution in [-0.2, 0) is 10.0 Å². The lowest BCUT2D eigenvalue weighted by atomic mass is 10.0. The number of rotatable bonds is 3. The molecule has 0 bridgehead atoms. The third-order valence-corrected chi connectivity index (χ3v) is 5.90. The largest absolute Gasteiger partial charge is 0.497 e. The van der Waals surface area contributed by atoms with Crippen LogP contribution in [0, 0.1) is 11.8 Å². The average molecular weight is 282 g/mol. The molecule has 0 saturated carbocycles. The normalized spacial score (nSPS) is 27.4. The quantitative estimate of drug-likeness (QED) is 0.879. The number of nitrogens with zero attached hydrogens (tertiary/aromatic N) is 1. The van der Waals surface area contributed by atoms with E-state index < -0.39 is 10.0 Å². The number of benzene rings is 1. The molecule has 0 aliphatic carbocycles. The van der Waals surface area contributed by atoms with E-state index in [0.29, 0.717) is 35.6 Å². The lowest BCUT2D eigenvalue weighted by Gasteiger charge is -2.17. The lowest BCUT2D eigenvalue weighted by molar-refractivity contribution is 0.414. The maximum absolute atomic E-state index is 12.5. The fraction of sp³-hybridized carbons (Fsp3) is 0.538. The summed E-state index contributed by atoms with van der Waals surface area (Å²) < 4.78 is 31.7. The van der Waals surface area contributed by atoms with Crippen LogP contribution in [0.15, 0.2) is 29.2 Å². The average Bonchev–Trinajstić information content (AvgIpc) is 2.99. The molecule has 2 saturated heterocycles. The van der Waals surface area contributed by atoms with E-state index >= 15 is 0 Å². The zero-order chi connectivity index (χ0) is 13.5. The summed E-state index contributed by atoms with van der Waals surface area (Å²) >= 11 is 0. The molecule has 1 aromatic carbocycles. The Bertz CT molecular complexity index is 544. The molecule has 19 heavy (non-hydrogen) atoms. The number of nitrogens with one attached hydrogen (secondary N) is 1. The monoisotopic (exact) mass is 282 g/mol. The predicted octanol–water partition coefficient (Wildman–Crippen LogP) is 0.535. The van der Waals surface area contributed by atoms with Crippen molar-refractivity contribution < 1.29 is 13.2 Å². The third kappa shape index (κ3) is 2.24. The van der Waals surface area contributed by atoms with Crippen molar-refractivity contribution in [2.75, 3.05) is 33.3 Å². The second-order valence-electron chi connectivity index (χ2n) is 5.18. The molecule has 2 heterocycles. The zero-order valence-corrected chi connectivity index (χ0v) is 11.7. The van der Waals surface area contributed by atoms with E-state index in [2.05, 4.69) is 5.32 Å². The van der Waals surface area contributed by atoms with Crippen LogP contribution in [0.25, 0.3) is 0 Å². The highest BCUT2D eigenvalue weighted by atomic mass is 32.2. The highest BCUT2D eigenvalue weighted by molar-refractivity contribution is 7.89. The van der Waals surface area contributed by atoms with Gasteiger partial charge >= 0.3 is 0 Å². The number of methoxy groups -OCH3 is 1. The van der Waals surface area contributed by atoms with Crippen LogP contribution in [0.4, 0.5) is 0 Å². The maximum atomic E-state index is 12.5. The standard InChI is InChI=1S/C13H18N2O3S/c1-18-12-2-4-13(5-3-12)19(16,17)15-8-10-6-14-7-11(10)9-15/h2-5,10-11,14H,6-9H2,1H3. The molecule has 2 atom stereocenters. The molecule has 2 unspecified atom stereocenters. The van der Waals surface area contributed by atoms with Crippen molar-refractivity contribution in [3.63, 3.8) is 0 Å². The second-order valence-corrected chi connectivity index (χ2v) is 7.11. The molecule has 3 rings (SSSR count). The Morgan fingerprint density at radius 2 is 1.74 bits per heavy atom. The van der Waals surface area contributed by atoms with Crippen LogP contribution in [-0.4, -0.2) is 46.0 Å². The first-order chi connectivity index (χ1) is 9.11. The molecule has 0 amide bonds. The fourth-order valence-corrected chi connectivity index (χ4v) is 4.46. The maximum Gasteiger partial charge on any atom is 0.243 e. The number of fused-ring (bicyclic) bond motifs is 1. The van der Waals surface area contributed by atoms with Crippen molar-refractivity contribution in [1.29, 1.82) is 0 Å². The second kappa shape index (κ2) is 4.77. The minimum Gasteiger partial charge on any atom is -0.497 e. The van der Waals surface area contributed by atoms with Gasteiger partial charge in [-0.3, -0.25) is 0 Å². The first-order valence-corrected chi connectivity index (χ1v) is 7.90. The van der Waals surface area contributed by atoms with Gasteiger partial charge in [0.1, 0.15) is 5.75 Å². The summed E-state index contributed by atoms with van der Waals surface area (Å²) in [7, 11) is -1.79. The highest BCUT2D eigenvalue weighted by Crippen LogP contribution is 2.31. The van der Waals surface area contributed by atoms with Crippen molar-refractivity contribution in [2.45, 2.75) is 4.90 Å². The zero-order valence-electron chi connectivity index (χ0n) is 10.9. The van der Waals surface area contributed by atoms with E-state index in [1.165, 1.54) is 0 Å². The molecule has 5 nitrogen and oxygen atoms in total. The van der Waals surface area contributed by atoms with Gasteiger partial charge in [0.15, 0.2) is 0 Å². The fourth-order valence-electron chi connectivity index (χ4n) is 2.91. The molecule has 6 heteroatoms.